The molecule has 0 saturated carbocycles. The predicted octanol–water partition coefficient (Wildman–Crippen LogP) is 4.42. The van der Waals surface area contributed by atoms with E-state index in [1.165, 1.54) is 11.3 Å². The SMILES string of the molecule is Cc1cc(N2CCN(C(=O)Nc3ccccc3C)CC2)ccc1Br. The molecule has 24 heavy (non-hydrogen) atoms. The van der Waals surface area contributed by atoms with E-state index < -0.39 is 0 Å². The number of urea groups is 1. The molecule has 0 unspecified atom stereocenters. The Labute approximate surface area is 151 Å². The van der Waals surface area contributed by atoms with Crippen molar-refractivity contribution in [1.29, 1.82) is 0 Å². The normalized spacial score (nSPS) is 14.6. The van der Waals surface area contributed by atoms with Crippen LogP contribution in [0.25, 0.3) is 0 Å². The lowest BCUT2D eigenvalue weighted by molar-refractivity contribution is 0.208. The maximum absolute atomic E-state index is 12.5. The van der Waals surface area contributed by atoms with E-state index in [-0.39, 0.29) is 6.03 Å². The summed E-state index contributed by atoms with van der Waals surface area (Å²) in [5.41, 5.74) is 4.41. The van der Waals surface area contributed by atoms with E-state index in [1.54, 1.807) is 0 Å². The van der Waals surface area contributed by atoms with Crippen LogP contribution in [-0.2, 0) is 0 Å². The molecule has 5 heteroatoms. The van der Waals surface area contributed by atoms with Gasteiger partial charge in [-0.2, -0.15) is 0 Å². The smallest absolute Gasteiger partial charge is 0.321 e. The summed E-state index contributed by atoms with van der Waals surface area (Å²) in [7, 11) is 0. The van der Waals surface area contributed by atoms with Crippen LogP contribution in [0.3, 0.4) is 0 Å². The van der Waals surface area contributed by atoms with E-state index in [0.717, 1.165) is 41.9 Å². The summed E-state index contributed by atoms with van der Waals surface area (Å²) in [6.45, 7) is 7.26. The van der Waals surface area contributed by atoms with Crippen LogP contribution in [0, 0.1) is 13.8 Å². The summed E-state index contributed by atoms with van der Waals surface area (Å²) in [4.78, 5) is 16.7. The standard InChI is InChI=1S/C19H22BrN3O/c1-14-5-3-4-6-18(14)21-19(24)23-11-9-22(10-12-23)16-7-8-17(20)15(2)13-16/h3-8,13H,9-12H2,1-2H3,(H,21,24). The van der Waals surface area contributed by atoms with Crippen molar-refractivity contribution in [2.24, 2.45) is 0 Å². The quantitative estimate of drug-likeness (QED) is 0.827. The third-order valence-electron chi connectivity index (χ3n) is 4.46. The largest absolute Gasteiger partial charge is 0.368 e. The highest BCUT2D eigenvalue weighted by atomic mass is 79.9. The molecule has 0 atom stereocenters. The minimum Gasteiger partial charge on any atom is -0.368 e. The molecular weight excluding hydrogens is 366 g/mol. The summed E-state index contributed by atoms with van der Waals surface area (Å²) < 4.78 is 1.13. The highest BCUT2D eigenvalue weighted by molar-refractivity contribution is 9.10. The van der Waals surface area contributed by atoms with Gasteiger partial charge in [0.25, 0.3) is 0 Å². The monoisotopic (exact) mass is 387 g/mol. The Bertz CT molecular complexity index is 739. The number of halogens is 1. The van der Waals surface area contributed by atoms with Gasteiger partial charge in [-0.15, -0.1) is 0 Å². The first kappa shape index (κ1) is 16.8. The number of carbonyl (C=O) groups excluding carboxylic acids is 1. The molecule has 1 saturated heterocycles. The highest BCUT2D eigenvalue weighted by Crippen LogP contribution is 2.24. The van der Waals surface area contributed by atoms with Crippen molar-refractivity contribution in [1.82, 2.24) is 4.90 Å². The second-order valence-electron chi connectivity index (χ2n) is 6.15. The van der Waals surface area contributed by atoms with Crippen LogP contribution >= 0.6 is 15.9 Å². The van der Waals surface area contributed by atoms with Crippen LogP contribution in [-0.4, -0.2) is 37.1 Å². The molecule has 1 fully saturated rings. The van der Waals surface area contributed by atoms with Gasteiger partial charge in [0.1, 0.15) is 0 Å². The Hall–Kier alpha value is -2.01. The van der Waals surface area contributed by atoms with Crippen molar-refractivity contribution in [2.75, 3.05) is 36.4 Å². The lowest BCUT2D eigenvalue weighted by Crippen LogP contribution is -2.50. The molecule has 2 amide bonds. The number of benzene rings is 2. The van der Waals surface area contributed by atoms with Crippen molar-refractivity contribution in [3.8, 4) is 0 Å². The number of aryl methyl sites for hydroxylation is 2. The predicted molar refractivity (Wildman–Crippen MR) is 103 cm³/mol. The van der Waals surface area contributed by atoms with Crippen LogP contribution in [0.1, 0.15) is 11.1 Å². The van der Waals surface area contributed by atoms with Crippen LogP contribution in [0.5, 0.6) is 0 Å². The molecule has 0 radical (unpaired) electrons. The van der Waals surface area contributed by atoms with Crippen LogP contribution in [0.4, 0.5) is 16.2 Å². The summed E-state index contributed by atoms with van der Waals surface area (Å²) in [5, 5.41) is 3.01. The molecule has 3 rings (SSSR count). The Kier molecular flexibility index (Phi) is 5.09. The third-order valence-corrected chi connectivity index (χ3v) is 5.35. The number of nitrogens with one attached hydrogen (secondary N) is 1. The van der Waals surface area contributed by atoms with Gasteiger partial charge < -0.3 is 15.1 Å². The van der Waals surface area contributed by atoms with Gasteiger partial charge in [0.15, 0.2) is 0 Å². The minimum atomic E-state index is -0.0177. The van der Waals surface area contributed by atoms with Crippen LogP contribution < -0.4 is 10.2 Å². The minimum absolute atomic E-state index is 0.0177. The molecule has 2 aromatic carbocycles. The number of para-hydroxylation sites is 1. The zero-order valence-corrected chi connectivity index (χ0v) is 15.6. The number of hydrogen-bond acceptors (Lipinski definition) is 2. The second-order valence-corrected chi connectivity index (χ2v) is 7.01. The topological polar surface area (TPSA) is 35.6 Å². The number of carbonyl (C=O) groups is 1. The molecule has 0 bridgehead atoms. The average Bonchev–Trinajstić information content (AvgIpc) is 2.59. The highest BCUT2D eigenvalue weighted by Gasteiger charge is 2.21. The molecule has 0 aromatic heterocycles. The lowest BCUT2D eigenvalue weighted by Gasteiger charge is -2.36. The van der Waals surface area contributed by atoms with Gasteiger partial charge in [0.2, 0.25) is 0 Å². The third kappa shape index (κ3) is 3.73. The summed E-state index contributed by atoms with van der Waals surface area (Å²) in [5.74, 6) is 0. The van der Waals surface area contributed by atoms with Gasteiger partial charge in [-0.1, -0.05) is 34.1 Å². The van der Waals surface area contributed by atoms with Crippen molar-refractivity contribution < 1.29 is 4.79 Å². The number of hydrogen-bond donors (Lipinski definition) is 1. The Morgan fingerprint density at radius 1 is 1.00 bits per heavy atom. The van der Waals surface area contributed by atoms with E-state index in [9.17, 15) is 4.79 Å². The van der Waals surface area contributed by atoms with Gasteiger partial charge in [-0.05, 0) is 49.2 Å². The van der Waals surface area contributed by atoms with E-state index in [4.69, 9.17) is 0 Å². The molecule has 1 heterocycles. The number of rotatable bonds is 2. The summed E-state index contributed by atoms with van der Waals surface area (Å²) in [6.07, 6.45) is 0. The molecule has 0 spiro atoms. The maximum atomic E-state index is 12.5. The fourth-order valence-electron chi connectivity index (χ4n) is 2.90. The molecule has 126 valence electrons. The zero-order chi connectivity index (χ0) is 17.1. The first-order chi connectivity index (χ1) is 11.5. The average molecular weight is 388 g/mol. The van der Waals surface area contributed by atoms with E-state index in [1.807, 2.05) is 36.1 Å². The molecule has 4 nitrogen and oxygen atoms in total. The van der Waals surface area contributed by atoms with Crippen molar-refractivity contribution in [3.05, 3.63) is 58.1 Å². The van der Waals surface area contributed by atoms with Crippen LogP contribution in [0.2, 0.25) is 0 Å². The Morgan fingerprint density at radius 2 is 1.71 bits per heavy atom. The molecule has 1 aliphatic rings. The van der Waals surface area contributed by atoms with Gasteiger partial charge in [-0.3, -0.25) is 0 Å². The van der Waals surface area contributed by atoms with Crippen molar-refractivity contribution in [3.63, 3.8) is 0 Å². The fraction of sp³-hybridized carbons (Fsp3) is 0.316. The number of amides is 2. The van der Waals surface area contributed by atoms with E-state index in [0.29, 0.717) is 0 Å². The second kappa shape index (κ2) is 7.26. The van der Waals surface area contributed by atoms with Gasteiger partial charge >= 0.3 is 6.03 Å². The number of nitrogens with zero attached hydrogens (tertiary/aromatic N) is 2. The molecule has 0 aliphatic carbocycles. The fourth-order valence-corrected chi connectivity index (χ4v) is 3.15. The Balaban J connectivity index is 1.59. The van der Waals surface area contributed by atoms with E-state index >= 15 is 0 Å². The van der Waals surface area contributed by atoms with Gasteiger partial charge in [0.05, 0.1) is 0 Å². The maximum Gasteiger partial charge on any atom is 0.321 e. The lowest BCUT2D eigenvalue weighted by atomic mass is 10.2. The first-order valence-corrected chi connectivity index (χ1v) is 8.96. The molecule has 2 aromatic rings. The summed E-state index contributed by atoms with van der Waals surface area (Å²) >= 11 is 3.54. The van der Waals surface area contributed by atoms with E-state index in [2.05, 4.69) is 51.3 Å². The zero-order valence-electron chi connectivity index (χ0n) is 14.1. The number of anilines is 2. The van der Waals surface area contributed by atoms with Gasteiger partial charge in [0, 0.05) is 42.0 Å². The van der Waals surface area contributed by atoms with Gasteiger partial charge in [-0.25, -0.2) is 4.79 Å². The van der Waals surface area contributed by atoms with Crippen molar-refractivity contribution >= 4 is 33.3 Å². The van der Waals surface area contributed by atoms with Crippen molar-refractivity contribution in [2.45, 2.75) is 13.8 Å². The molecule has 1 N–H and O–H groups in total. The van der Waals surface area contributed by atoms with Crippen LogP contribution in [0.15, 0.2) is 46.9 Å². The summed E-state index contributed by atoms with van der Waals surface area (Å²) in [6, 6.07) is 14.2. The Morgan fingerprint density at radius 3 is 2.38 bits per heavy atom. The molecular formula is C19H22BrN3O. The number of piperazine rings is 1. The first-order valence-electron chi connectivity index (χ1n) is 8.17. The molecule has 1 aliphatic heterocycles.